The van der Waals surface area contributed by atoms with E-state index < -0.39 is 0 Å². The van der Waals surface area contributed by atoms with Crippen LogP contribution in [0.25, 0.3) is 0 Å². The molecule has 0 aromatic heterocycles. The summed E-state index contributed by atoms with van der Waals surface area (Å²) in [7, 11) is 0. The van der Waals surface area contributed by atoms with Gasteiger partial charge < -0.3 is 0 Å². The molecule has 0 atom stereocenters. The molecular weight excluding hydrogens is 204 g/mol. The molecule has 1 aromatic rings. The minimum absolute atomic E-state index is 0.295. The Morgan fingerprint density at radius 1 is 1.17 bits per heavy atom. The van der Waals surface area contributed by atoms with Gasteiger partial charge in [0.15, 0.2) is 0 Å². The maximum atomic E-state index is 2.28. The van der Waals surface area contributed by atoms with Crippen LogP contribution in [0, 0.1) is 0 Å². The van der Waals surface area contributed by atoms with Gasteiger partial charge in [-0.25, -0.2) is 0 Å². The Labute approximate surface area is 85.9 Å². The fourth-order valence-electron chi connectivity index (χ4n) is 1.12. The van der Waals surface area contributed by atoms with E-state index in [2.05, 4.69) is 37.4 Å². The van der Waals surface area contributed by atoms with Crippen LogP contribution in [0.1, 0.15) is 6.92 Å². The Morgan fingerprint density at radius 3 is 2.08 bits per heavy atom. The second kappa shape index (κ2) is 3.20. The van der Waals surface area contributed by atoms with Gasteiger partial charge in [0, 0.05) is 9.79 Å². The van der Waals surface area contributed by atoms with E-state index in [1.165, 1.54) is 9.79 Å². The van der Waals surface area contributed by atoms with Crippen molar-refractivity contribution in [1.82, 2.24) is 0 Å². The largest absolute Gasteiger partial charge is 0.136 e. The van der Waals surface area contributed by atoms with Crippen LogP contribution in [0.4, 0.5) is 0 Å². The highest BCUT2D eigenvalue weighted by Crippen LogP contribution is 2.59. The van der Waals surface area contributed by atoms with Gasteiger partial charge in [-0.2, -0.15) is 0 Å². The smallest absolute Gasteiger partial charge is 0.113 e. The van der Waals surface area contributed by atoms with E-state index in [9.17, 15) is 0 Å². The molecule has 0 N–H and O–H groups in total. The first-order chi connectivity index (χ1) is 5.73. The van der Waals surface area contributed by atoms with Crippen molar-refractivity contribution < 1.29 is 0 Å². The molecule has 0 saturated heterocycles. The summed E-state index contributed by atoms with van der Waals surface area (Å²) in [6.45, 7) is 2.28. The van der Waals surface area contributed by atoms with Gasteiger partial charge in [0.1, 0.15) is 3.41 Å². The Hall–Kier alpha value is 0.270. The van der Waals surface area contributed by atoms with E-state index in [4.69, 9.17) is 0 Å². The molecule has 12 heavy (non-hydrogen) atoms. The number of fused-ring (bicyclic) bond motifs is 1. The predicted octanol–water partition coefficient (Wildman–Crippen LogP) is 3.92. The van der Waals surface area contributed by atoms with Gasteiger partial charge >= 0.3 is 0 Å². The minimum atomic E-state index is 0.295. The molecule has 0 aliphatic carbocycles. The summed E-state index contributed by atoms with van der Waals surface area (Å²) in [5, 5.41) is 0. The molecule has 3 heteroatoms. The average molecular weight is 214 g/mol. The third-order valence-electron chi connectivity index (χ3n) is 1.81. The zero-order valence-electron chi connectivity index (χ0n) is 7.03. The molecule has 0 spiro atoms. The Balaban J connectivity index is 2.33. The summed E-state index contributed by atoms with van der Waals surface area (Å²) in [5.74, 6) is 0. The normalized spacial score (nSPS) is 19.2. The van der Waals surface area contributed by atoms with Crippen molar-refractivity contribution in [2.45, 2.75) is 20.1 Å². The number of hydrogen-bond acceptors (Lipinski definition) is 3. The lowest BCUT2D eigenvalue weighted by Crippen LogP contribution is -2.01. The molecule has 1 heterocycles. The van der Waals surface area contributed by atoms with Crippen LogP contribution in [0.15, 0.2) is 34.1 Å². The fraction of sp³-hybridized carbons (Fsp3) is 0.333. The molecule has 0 fully saturated rings. The van der Waals surface area contributed by atoms with E-state index in [1.807, 2.05) is 35.3 Å². The summed E-state index contributed by atoms with van der Waals surface area (Å²) in [5.41, 5.74) is 0. The molecule has 2 rings (SSSR count). The van der Waals surface area contributed by atoms with Gasteiger partial charge in [0.05, 0.1) is 0 Å². The summed E-state index contributed by atoms with van der Waals surface area (Å²) < 4.78 is 0.295. The Morgan fingerprint density at radius 2 is 1.67 bits per heavy atom. The molecule has 0 radical (unpaired) electrons. The molecule has 0 nitrogen and oxygen atoms in total. The van der Waals surface area contributed by atoms with Crippen LogP contribution < -0.4 is 0 Å². The van der Waals surface area contributed by atoms with Crippen molar-refractivity contribution in [3.8, 4) is 0 Å². The topological polar surface area (TPSA) is 0 Å². The summed E-state index contributed by atoms with van der Waals surface area (Å²) >= 11 is 5.85. The van der Waals surface area contributed by atoms with Crippen LogP contribution in [0.5, 0.6) is 0 Å². The van der Waals surface area contributed by atoms with Crippen molar-refractivity contribution in [2.75, 3.05) is 6.26 Å². The second-order valence-electron chi connectivity index (χ2n) is 2.72. The first-order valence-electron chi connectivity index (χ1n) is 3.76. The second-order valence-corrected chi connectivity index (χ2v) is 7.64. The fourth-order valence-corrected chi connectivity index (χ4v) is 4.71. The number of hydrogen-bond donors (Lipinski definition) is 0. The van der Waals surface area contributed by atoms with Gasteiger partial charge in [0.2, 0.25) is 0 Å². The summed E-state index contributed by atoms with van der Waals surface area (Å²) in [6.07, 6.45) is 2.17. The predicted molar refractivity (Wildman–Crippen MR) is 60.1 cm³/mol. The highest BCUT2D eigenvalue weighted by molar-refractivity contribution is 8.35. The maximum Gasteiger partial charge on any atom is 0.113 e. The Bertz CT molecular complexity index is 271. The van der Waals surface area contributed by atoms with Crippen molar-refractivity contribution in [1.29, 1.82) is 0 Å². The van der Waals surface area contributed by atoms with Crippen molar-refractivity contribution >= 4 is 35.3 Å². The highest BCUT2D eigenvalue weighted by atomic mass is 32.3. The lowest BCUT2D eigenvalue weighted by molar-refractivity contribution is 1.27. The molecule has 0 bridgehead atoms. The molecule has 1 aliphatic heterocycles. The molecule has 0 amide bonds. The van der Waals surface area contributed by atoms with E-state index in [1.54, 1.807) is 0 Å². The average Bonchev–Trinajstić information content (AvgIpc) is 2.42. The lowest BCUT2D eigenvalue weighted by atomic mass is 10.4. The number of rotatable bonds is 1. The van der Waals surface area contributed by atoms with Crippen molar-refractivity contribution in [3.63, 3.8) is 0 Å². The van der Waals surface area contributed by atoms with Crippen LogP contribution in [-0.4, -0.2) is 9.67 Å². The number of thioether (sulfide) groups is 3. The third kappa shape index (κ3) is 1.50. The quantitative estimate of drug-likeness (QED) is 0.695. The highest BCUT2D eigenvalue weighted by Gasteiger charge is 2.33. The molecule has 64 valence electrons. The van der Waals surface area contributed by atoms with Gasteiger partial charge in [-0.1, -0.05) is 35.7 Å². The van der Waals surface area contributed by atoms with Crippen molar-refractivity contribution in [2.24, 2.45) is 0 Å². The van der Waals surface area contributed by atoms with E-state index in [0.717, 1.165) is 0 Å². The molecule has 0 saturated carbocycles. The van der Waals surface area contributed by atoms with E-state index in [-0.39, 0.29) is 0 Å². The van der Waals surface area contributed by atoms with Crippen LogP contribution >= 0.6 is 35.3 Å². The van der Waals surface area contributed by atoms with Crippen LogP contribution in [0.2, 0.25) is 0 Å². The van der Waals surface area contributed by atoms with Gasteiger partial charge in [-0.3, -0.25) is 0 Å². The zero-order valence-corrected chi connectivity index (χ0v) is 9.48. The SMILES string of the molecule is CSC1(C)Sc2ccccc2S1. The van der Waals surface area contributed by atoms with E-state index in [0.29, 0.717) is 3.41 Å². The van der Waals surface area contributed by atoms with Crippen molar-refractivity contribution in [3.05, 3.63) is 24.3 Å². The summed E-state index contributed by atoms with van der Waals surface area (Å²) in [6, 6.07) is 8.62. The first-order valence-corrected chi connectivity index (χ1v) is 6.61. The van der Waals surface area contributed by atoms with E-state index >= 15 is 0 Å². The van der Waals surface area contributed by atoms with Crippen LogP contribution in [0.3, 0.4) is 0 Å². The molecule has 1 aromatic carbocycles. The summed E-state index contributed by atoms with van der Waals surface area (Å²) in [4.78, 5) is 2.86. The molecule has 1 aliphatic rings. The molecular formula is C9H10S3. The number of benzene rings is 1. The van der Waals surface area contributed by atoms with Gasteiger partial charge in [-0.05, 0) is 25.3 Å². The molecule has 0 unspecified atom stereocenters. The zero-order chi connectivity index (χ0) is 8.60. The standard InChI is InChI=1S/C9H10S3/c1-9(10-2)11-7-5-3-4-6-8(7)12-9/h3-6H,1-2H3. The monoisotopic (exact) mass is 214 g/mol. The minimum Gasteiger partial charge on any atom is -0.136 e. The Kier molecular flexibility index (Phi) is 2.36. The third-order valence-corrected chi connectivity index (χ3v) is 6.57. The lowest BCUT2D eigenvalue weighted by Gasteiger charge is -2.17. The van der Waals surface area contributed by atoms with Gasteiger partial charge in [0.25, 0.3) is 0 Å². The maximum absolute atomic E-state index is 2.28. The van der Waals surface area contributed by atoms with Gasteiger partial charge in [-0.15, -0.1) is 11.8 Å². The first kappa shape index (κ1) is 8.85. The van der Waals surface area contributed by atoms with Crippen LogP contribution in [-0.2, 0) is 0 Å².